The number of nitrogens with zero attached hydrogens (tertiary/aromatic N) is 1. The predicted octanol–water partition coefficient (Wildman–Crippen LogP) is 4.39. The van der Waals surface area contributed by atoms with Crippen LogP contribution in [0.5, 0.6) is 0 Å². The van der Waals surface area contributed by atoms with Gasteiger partial charge >= 0.3 is 0 Å². The van der Waals surface area contributed by atoms with Crippen molar-refractivity contribution in [3.8, 4) is 0 Å². The van der Waals surface area contributed by atoms with E-state index in [0.717, 1.165) is 31.4 Å². The summed E-state index contributed by atoms with van der Waals surface area (Å²) in [5, 5.41) is -0.578. The number of benzene rings is 1. The van der Waals surface area contributed by atoms with E-state index in [1.54, 1.807) is 0 Å². The molecule has 1 rings (SSSR count). The maximum Gasteiger partial charge on any atom is 0.245 e. The number of hydrogen-bond donors (Lipinski definition) is 0. The van der Waals surface area contributed by atoms with E-state index in [1.807, 2.05) is 49.1 Å². The second-order valence-electron chi connectivity index (χ2n) is 5.11. The van der Waals surface area contributed by atoms with Gasteiger partial charge in [0.15, 0.2) is 0 Å². The number of alkyl halides is 1. The summed E-state index contributed by atoms with van der Waals surface area (Å²) in [4.78, 5) is 14.4. The lowest BCUT2D eigenvalue weighted by Gasteiger charge is -2.29. The van der Waals surface area contributed by atoms with Crippen molar-refractivity contribution in [2.45, 2.75) is 51.5 Å². The minimum Gasteiger partial charge on any atom is -0.339 e. The van der Waals surface area contributed by atoms with Gasteiger partial charge in [-0.1, -0.05) is 50.1 Å². The third-order valence-electron chi connectivity index (χ3n) is 3.22. The van der Waals surface area contributed by atoms with Crippen LogP contribution in [0, 0.1) is 0 Å². The van der Waals surface area contributed by atoms with Gasteiger partial charge in [-0.15, -0.1) is 11.6 Å². The SMILES string of the molecule is CCCCCN(C(=O)C(Cl)c1ccccc1)C(C)C. The Labute approximate surface area is 121 Å². The summed E-state index contributed by atoms with van der Waals surface area (Å²) in [5.74, 6) is 0.0129. The lowest BCUT2D eigenvalue weighted by Crippen LogP contribution is -2.39. The zero-order valence-electron chi connectivity index (χ0n) is 12.1. The highest BCUT2D eigenvalue weighted by Crippen LogP contribution is 2.24. The maximum atomic E-state index is 12.5. The lowest BCUT2D eigenvalue weighted by molar-refractivity contribution is -0.132. The molecule has 3 heteroatoms. The molecule has 106 valence electrons. The molecular formula is C16H24ClNO. The Morgan fingerprint density at radius 1 is 1.21 bits per heavy atom. The molecule has 1 unspecified atom stereocenters. The van der Waals surface area contributed by atoms with Gasteiger partial charge in [0.2, 0.25) is 5.91 Å². The summed E-state index contributed by atoms with van der Waals surface area (Å²) in [6, 6.07) is 9.75. The Kier molecular flexibility index (Phi) is 6.93. The van der Waals surface area contributed by atoms with Crippen molar-refractivity contribution in [2.24, 2.45) is 0 Å². The minimum atomic E-state index is -0.578. The van der Waals surface area contributed by atoms with Crippen molar-refractivity contribution in [3.05, 3.63) is 35.9 Å². The molecule has 2 nitrogen and oxygen atoms in total. The number of hydrogen-bond acceptors (Lipinski definition) is 1. The average Bonchev–Trinajstić information content (AvgIpc) is 2.42. The molecule has 0 aromatic heterocycles. The zero-order valence-corrected chi connectivity index (χ0v) is 12.9. The van der Waals surface area contributed by atoms with Crippen molar-refractivity contribution in [3.63, 3.8) is 0 Å². The van der Waals surface area contributed by atoms with E-state index in [1.165, 1.54) is 0 Å². The van der Waals surface area contributed by atoms with Crippen LogP contribution in [0.25, 0.3) is 0 Å². The van der Waals surface area contributed by atoms with Crippen LogP contribution in [-0.2, 0) is 4.79 Å². The Hall–Kier alpha value is -1.02. The third kappa shape index (κ3) is 4.87. The highest BCUT2D eigenvalue weighted by molar-refractivity contribution is 6.30. The van der Waals surface area contributed by atoms with Crippen LogP contribution < -0.4 is 0 Å². The van der Waals surface area contributed by atoms with E-state index in [4.69, 9.17) is 11.6 Å². The highest BCUT2D eigenvalue weighted by atomic mass is 35.5. The van der Waals surface area contributed by atoms with Gasteiger partial charge in [0.05, 0.1) is 0 Å². The fraction of sp³-hybridized carbons (Fsp3) is 0.562. The largest absolute Gasteiger partial charge is 0.339 e. The molecule has 19 heavy (non-hydrogen) atoms. The first-order valence-corrected chi connectivity index (χ1v) is 7.51. The molecule has 0 saturated carbocycles. The second-order valence-corrected chi connectivity index (χ2v) is 5.54. The number of carbonyl (C=O) groups excluding carboxylic acids is 1. The first kappa shape index (κ1) is 16.0. The van der Waals surface area contributed by atoms with Gasteiger partial charge in [-0.2, -0.15) is 0 Å². The summed E-state index contributed by atoms with van der Waals surface area (Å²) < 4.78 is 0. The van der Waals surface area contributed by atoms with Crippen LogP contribution in [0.15, 0.2) is 30.3 Å². The molecule has 1 atom stereocenters. The number of unbranched alkanes of at least 4 members (excludes halogenated alkanes) is 2. The molecule has 0 aliphatic rings. The van der Waals surface area contributed by atoms with Gasteiger partial charge in [-0.05, 0) is 25.8 Å². The Morgan fingerprint density at radius 2 is 1.84 bits per heavy atom. The van der Waals surface area contributed by atoms with Crippen LogP contribution in [0.1, 0.15) is 51.0 Å². The molecule has 1 aromatic carbocycles. The standard InChI is InChI=1S/C16H24ClNO/c1-4-5-9-12-18(13(2)3)16(19)15(17)14-10-7-6-8-11-14/h6-8,10-11,13,15H,4-5,9,12H2,1-3H3. The molecule has 0 aliphatic heterocycles. The van der Waals surface area contributed by atoms with Crippen LogP contribution >= 0.6 is 11.6 Å². The van der Waals surface area contributed by atoms with Gasteiger partial charge < -0.3 is 4.90 Å². The van der Waals surface area contributed by atoms with Gasteiger partial charge in [-0.25, -0.2) is 0 Å². The molecular weight excluding hydrogens is 258 g/mol. The van der Waals surface area contributed by atoms with E-state index in [2.05, 4.69) is 6.92 Å². The first-order chi connectivity index (χ1) is 9.07. The van der Waals surface area contributed by atoms with Crippen molar-refractivity contribution >= 4 is 17.5 Å². The summed E-state index contributed by atoms with van der Waals surface area (Å²) in [6.45, 7) is 7.03. The zero-order chi connectivity index (χ0) is 14.3. The predicted molar refractivity (Wildman–Crippen MR) is 81.4 cm³/mol. The van der Waals surface area contributed by atoms with Gasteiger partial charge in [0.1, 0.15) is 5.38 Å². The summed E-state index contributed by atoms with van der Waals surface area (Å²) in [7, 11) is 0. The monoisotopic (exact) mass is 281 g/mol. The van der Waals surface area contributed by atoms with Crippen molar-refractivity contribution < 1.29 is 4.79 Å². The van der Waals surface area contributed by atoms with Crippen molar-refractivity contribution in [2.75, 3.05) is 6.54 Å². The Balaban J connectivity index is 2.70. The molecule has 0 N–H and O–H groups in total. The van der Waals surface area contributed by atoms with Crippen LogP contribution in [0.4, 0.5) is 0 Å². The third-order valence-corrected chi connectivity index (χ3v) is 3.66. The Bertz CT molecular complexity index is 378. The second kappa shape index (κ2) is 8.21. The number of carbonyl (C=O) groups is 1. The van der Waals surface area contributed by atoms with Gasteiger partial charge in [-0.3, -0.25) is 4.79 Å². The first-order valence-electron chi connectivity index (χ1n) is 7.07. The van der Waals surface area contributed by atoms with E-state index in [-0.39, 0.29) is 11.9 Å². The van der Waals surface area contributed by atoms with E-state index in [9.17, 15) is 4.79 Å². The van der Waals surface area contributed by atoms with Crippen LogP contribution in [-0.4, -0.2) is 23.4 Å². The molecule has 1 aromatic rings. The maximum absolute atomic E-state index is 12.5. The Morgan fingerprint density at radius 3 is 2.37 bits per heavy atom. The van der Waals surface area contributed by atoms with Crippen LogP contribution in [0.2, 0.25) is 0 Å². The van der Waals surface area contributed by atoms with Crippen molar-refractivity contribution in [1.82, 2.24) is 4.90 Å². The molecule has 0 saturated heterocycles. The minimum absolute atomic E-state index is 0.0129. The topological polar surface area (TPSA) is 20.3 Å². The van der Waals surface area contributed by atoms with Crippen LogP contribution in [0.3, 0.4) is 0 Å². The molecule has 0 radical (unpaired) electrons. The van der Waals surface area contributed by atoms with E-state index >= 15 is 0 Å². The highest BCUT2D eigenvalue weighted by Gasteiger charge is 2.25. The molecule has 1 amide bonds. The molecule has 0 aliphatic carbocycles. The summed E-state index contributed by atoms with van der Waals surface area (Å²) >= 11 is 6.32. The summed E-state index contributed by atoms with van der Waals surface area (Å²) in [6.07, 6.45) is 3.34. The van der Waals surface area contributed by atoms with Gasteiger partial charge in [0.25, 0.3) is 0 Å². The molecule has 0 heterocycles. The lowest BCUT2D eigenvalue weighted by atomic mass is 10.1. The van der Waals surface area contributed by atoms with E-state index < -0.39 is 5.38 Å². The number of rotatable bonds is 7. The number of amides is 1. The van der Waals surface area contributed by atoms with E-state index in [0.29, 0.717) is 0 Å². The number of halogens is 1. The average molecular weight is 282 g/mol. The molecule has 0 bridgehead atoms. The summed E-state index contributed by atoms with van der Waals surface area (Å²) in [5.41, 5.74) is 0.871. The smallest absolute Gasteiger partial charge is 0.245 e. The quantitative estimate of drug-likeness (QED) is 0.536. The molecule has 0 fully saturated rings. The normalized spacial score (nSPS) is 12.5. The molecule has 0 spiro atoms. The fourth-order valence-electron chi connectivity index (χ4n) is 2.07. The van der Waals surface area contributed by atoms with Gasteiger partial charge in [0, 0.05) is 12.6 Å². The fourth-order valence-corrected chi connectivity index (χ4v) is 2.34. The van der Waals surface area contributed by atoms with Crippen molar-refractivity contribution in [1.29, 1.82) is 0 Å².